The Bertz CT molecular complexity index is 611. The summed E-state index contributed by atoms with van der Waals surface area (Å²) in [5.74, 6) is -0.892. The van der Waals surface area contributed by atoms with Gasteiger partial charge in [-0.1, -0.05) is 13.8 Å². The van der Waals surface area contributed by atoms with E-state index in [-0.39, 0.29) is 29.4 Å². The number of hydrogen-bond donors (Lipinski definition) is 0. The van der Waals surface area contributed by atoms with E-state index in [2.05, 4.69) is 27.7 Å². The van der Waals surface area contributed by atoms with Gasteiger partial charge in [0.1, 0.15) is 0 Å². The van der Waals surface area contributed by atoms with Crippen molar-refractivity contribution in [2.24, 2.45) is 5.92 Å². The summed E-state index contributed by atoms with van der Waals surface area (Å²) in [6, 6.07) is 0. The molecule has 1 saturated carbocycles. The summed E-state index contributed by atoms with van der Waals surface area (Å²) in [5.41, 5.74) is 1.25. The molecule has 0 amide bonds. The number of fused-ring (bicyclic) bond motifs is 3. The maximum Gasteiger partial charge on any atom is 0.336 e. The summed E-state index contributed by atoms with van der Waals surface area (Å²) in [5, 5.41) is 0. The van der Waals surface area contributed by atoms with Gasteiger partial charge in [-0.15, -0.1) is 0 Å². The lowest BCUT2D eigenvalue weighted by Gasteiger charge is -2.34. The smallest absolute Gasteiger partial charge is 0.336 e. The Hall–Kier alpha value is -0.910. The highest BCUT2D eigenvalue weighted by atomic mass is 16.7. The van der Waals surface area contributed by atoms with Crippen LogP contribution in [-0.4, -0.2) is 41.8 Å². The third-order valence-corrected chi connectivity index (χ3v) is 6.07. The third-order valence-electron chi connectivity index (χ3n) is 6.07. The standard InChI is InChI=1S/C19H28O5/c1-11(2)9-21-19-10-18(5)14(22-18)6-7-17(4)15(23-17)8-13(19)12(3)16(20)24-19/h11,14-15H,6-10H2,1-5H3/t14-,15-,17-,18-,19+/m1/s1. The number of carbonyl (C=O) groups is 1. The molecule has 0 aromatic carbocycles. The largest absolute Gasteiger partial charge is 0.425 e. The van der Waals surface area contributed by atoms with Gasteiger partial charge in [0.25, 0.3) is 0 Å². The Morgan fingerprint density at radius 2 is 1.92 bits per heavy atom. The Morgan fingerprint density at radius 3 is 2.62 bits per heavy atom. The summed E-state index contributed by atoms with van der Waals surface area (Å²) < 4.78 is 24.1. The summed E-state index contributed by atoms with van der Waals surface area (Å²) in [4.78, 5) is 12.4. The molecule has 1 aliphatic carbocycles. The predicted octanol–water partition coefficient (Wildman–Crippen LogP) is 3.12. The van der Waals surface area contributed by atoms with Gasteiger partial charge in [0, 0.05) is 24.0 Å². The van der Waals surface area contributed by atoms with Crippen molar-refractivity contribution in [1.29, 1.82) is 0 Å². The van der Waals surface area contributed by atoms with E-state index in [1.165, 1.54) is 0 Å². The minimum atomic E-state index is -0.987. The fourth-order valence-electron chi connectivity index (χ4n) is 4.26. The van der Waals surface area contributed by atoms with Crippen LogP contribution in [0.15, 0.2) is 11.1 Å². The molecule has 4 aliphatic rings. The first-order valence-corrected chi connectivity index (χ1v) is 9.11. The molecule has 0 N–H and O–H groups in total. The lowest BCUT2D eigenvalue weighted by atomic mass is 9.83. The Kier molecular flexibility index (Phi) is 3.49. The van der Waals surface area contributed by atoms with Gasteiger partial charge in [-0.2, -0.15) is 0 Å². The molecule has 0 unspecified atom stereocenters. The Morgan fingerprint density at radius 1 is 1.21 bits per heavy atom. The molecule has 0 aromatic heterocycles. The second-order valence-corrected chi connectivity index (χ2v) is 8.71. The fourth-order valence-corrected chi connectivity index (χ4v) is 4.26. The lowest BCUT2D eigenvalue weighted by molar-refractivity contribution is -0.213. The fraction of sp³-hybridized carbons (Fsp3) is 0.842. The molecule has 3 aliphatic heterocycles. The van der Waals surface area contributed by atoms with E-state index in [0.29, 0.717) is 30.9 Å². The molecular formula is C19H28O5. The van der Waals surface area contributed by atoms with E-state index < -0.39 is 5.79 Å². The second kappa shape index (κ2) is 5.05. The van der Waals surface area contributed by atoms with Crippen molar-refractivity contribution in [2.75, 3.05) is 6.61 Å². The van der Waals surface area contributed by atoms with Crippen LogP contribution < -0.4 is 0 Å². The van der Waals surface area contributed by atoms with Crippen molar-refractivity contribution in [2.45, 2.75) is 89.5 Å². The number of esters is 1. The first-order chi connectivity index (χ1) is 11.2. The normalized spacial score (nSPS) is 47.0. The number of ether oxygens (including phenoxy) is 4. The van der Waals surface area contributed by atoms with Crippen LogP contribution in [0, 0.1) is 5.92 Å². The summed E-state index contributed by atoms with van der Waals surface area (Å²) >= 11 is 0. The molecule has 0 radical (unpaired) electrons. The van der Waals surface area contributed by atoms with Crippen molar-refractivity contribution >= 4 is 5.97 Å². The van der Waals surface area contributed by atoms with Crippen molar-refractivity contribution < 1.29 is 23.7 Å². The zero-order valence-electron chi connectivity index (χ0n) is 15.3. The number of hydrogen-bond acceptors (Lipinski definition) is 5. The van der Waals surface area contributed by atoms with Gasteiger partial charge in [-0.05, 0) is 39.5 Å². The first-order valence-electron chi connectivity index (χ1n) is 9.11. The molecule has 5 heteroatoms. The first kappa shape index (κ1) is 16.6. The zero-order valence-corrected chi connectivity index (χ0v) is 15.3. The van der Waals surface area contributed by atoms with Crippen LogP contribution in [0.25, 0.3) is 0 Å². The molecule has 134 valence electrons. The Balaban J connectivity index is 1.70. The predicted molar refractivity (Wildman–Crippen MR) is 87.3 cm³/mol. The van der Waals surface area contributed by atoms with Gasteiger partial charge in [0.2, 0.25) is 5.79 Å². The SMILES string of the molecule is CC1=C2C[C@H]3O[C@]3(C)CC[C@H]3O[C@]3(C)C[C@]2(OCC(C)C)OC1=O. The molecule has 24 heavy (non-hydrogen) atoms. The summed E-state index contributed by atoms with van der Waals surface area (Å²) in [6.45, 7) is 10.9. The molecule has 5 nitrogen and oxygen atoms in total. The van der Waals surface area contributed by atoms with Crippen molar-refractivity contribution in [3.05, 3.63) is 11.1 Å². The van der Waals surface area contributed by atoms with Crippen LogP contribution in [-0.2, 0) is 23.7 Å². The number of rotatable bonds is 3. The van der Waals surface area contributed by atoms with Crippen LogP contribution in [0.1, 0.15) is 60.3 Å². The summed E-state index contributed by atoms with van der Waals surface area (Å²) in [6.07, 6.45) is 3.58. The molecule has 0 aromatic rings. The highest BCUT2D eigenvalue weighted by Gasteiger charge is 2.65. The minimum absolute atomic E-state index is 0.104. The second-order valence-electron chi connectivity index (χ2n) is 8.71. The van der Waals surface area contributed by atoms with Crippen LogP contribution in [0.5, 0.6) is 0 Å². The van der Waals surface area contributed by atoms with E-state index in [1.54, 1.807) is 0 Å². The molecule has 3 fully saturated rings. The molecule has 0 bridgehead atoms. The highest BCUT2D eigenvalue weighted by Crippen LogP contribution is 2.56. The number of epoxide rings is 2. The van der Waals surface area contributed by atoms with Gasteiger partial charge >= 0.3 is 5.97 Å². The molecule has 2 saturated heterocycles. The average molecular weight is 336 g/mol. The van der Waals surface area contributed by atoms with Crippen LogP contribution in [0.2, 0.25) is 0 Å². The van der Waals surface area contributed by atoms with E-state index in [4.69, 9.17) is 18.9 Å². The van der Waals surface area contributed by atoms with E-state index in [1.807, 2.05) is 6.92 Å². The maximum absolute atomic E-state index is 12.4. The zero-order chi connectivity index (χ0) is 17.3. The van der Waals surface area contributed by atoms with Crippen molar-refractivity contribution in [3.63, 3.8) is 0 Å². The Labute approximate surface area is 143 Å². The van der Waals surface area contributed by atoms with Gasteiger partial charge in [0.15, 0.2) is 0 Å². The molecule has 0 spiro atoms. The van der Waals surface area contributed by atoms with Gasteiger partial charge < -0.3 is 18.9 Å². The van der Waals surface area contributed by atoms with Crippen molar-refractivity contribution in [1.82, 2.24) is 0 Å². The van der Waals surface area contributed by atoms with E-state index in [9.17, 15) is 4.79 Å². The number of carbonyl (C=O) groups excluding carboxylic acids is 1. The van der Waals surface area contributed by atoms with Crippen LogP contribution in [0.3, 0.4) is 0 Å². The average Bonchev–Trinajstić information content (AvgIpc) is 3.32. The highest BCUT2D eigenvalue weighted by molar-refractivity contribution is 5.92. The topological polar surface area (TPSA) is 60.6 Å². The molecule has 4 rings (SSSR count). The third kappa shape index (κ3) is 2.52. The quantitative estimate of drug-likeness (QED) is 0.585. The van der Waals surface area contributed by atoms with E-state index in [0.717, 1.165) is 18.4 Å². The summed E-state index contributed by atoms with van der Waals surface area (Å²) in [7, 11) is 0. The van der Waals surface area contributed by atoms with Crippen molar-refractivity contribution in [3.8, 4) is 0 Å². The molecular weight excluding hydrogens is 308 g/mol. The van der Waals surface area contributed by atoms with E-state index >= 15 is 0 Å². The minimum Gasteiger partial charge on any atom is -0.425 e. The maximum atomic E-state index is 12.4. The lowest BCUT2D eigenvalue weighted by Crippen LogP contribution is -2.42. The van der Waals surface area contributed by atoms with Gasteiger partial charge in [-0.25, -0.2) is 4.79 Å². The monoisotopic (exact) mass is 336 g/mol. The van der Waals surface area contributed by atoms with Crippen LogP contribution in [0.4, 0.5) is 0 Å². The van der Waals surface area contributed by atoms with Gasteiger partial charge in [0.05, 0.1) is 30.0 Å². The van der Waals surface area contributed by atoms with Gasteiger partial charge in [-0.3, -0.25) is 0 Å². The molecule has 3 heterocycles. The molecule has 5 atom stereocenters. The van der Waals surface area contributed by atoms with Crippen LogP contribution >= 0.6 is 0 Å².